The molecule has 2 rings (SSSR count). The predicted octanol–water partition coefficient (Wildman–Crippen LogP) is 1.47. The highest BCUT2D eigenvalue weighted by Crippen LogP contribution is 2.25. The van der Waals surface area contributed by atoms with Crippen LogP contribution in [0.4, 0.5) is 5.82 Å². The normalized spacial score (nSPS) is 17.9. The third-order valence-corrected chi connectivity index (χ3v) is 4.99. The lowest BCUT2D eigenvalue weighted by molar-refractivity contribution is 0.0308. The molecular weight excluding hydrogens is 330 g/mol. The number of carbonyl (C=O) groups excluding carboxylic acids is 1. The van der Waals surface area contributed by atoms with E-state index in [2.05, 4.69) is 33.9 Å². The molecule has 0 aromatic carbocycles. The molecule has 1 aromatic heterocycles. The molecule has 0 aliphatic carbocycles. The Kier molecular flexibility index (Phi) is 6.24. The minimum atomic E-state index is -0.956. The molecule has 1 aromatic rings. The summed E-state index contributed by atoms with van der Waals surface area (Å²) in [7, 11) is 4.19. The zero-order valence-electron chi connectivity index (χ0n) is 17.2. The second-order valence-electron chi connectivity index (χ2n) is 8.07. The first-order valence-corrected chi connectivity index (χ1v) is 9.31. The molecule has 0 saturated carbocycles. The van der Waals surface area contributed by atoms with Gasteiger partial charge < -0.3 is 19.8 Å². The molecular formula is C19H33N5O2. The van der Waals surface area contributed by atoms with Crippen LogP contribution in [0.15, 0.2) is 0 Å². The van der Waals surface area contributed by atoms with Crippen LogP contribution in [-0.4, -0.2) is 82.7 Å². The van der Waals surface area contributed by atoms with Crippen LogP contribution in [0.1, 0.15) is 49.1 Å². The summed E-state index contributed by atoms with van der Waals surface area (Å²) in [6.07, 6.45) is 1.08. The Morgan fingerprint density at radius 3 is 2.46 bits per heavy atom. The lowest BCUT2D eigenvalue weighted by atomic mass is 10.1. The van der Waals surface area contributed by atoms with Gasteiger partial charge in [0.15, 0.2) is 0 Å². The van der Waals surface area contributed by atoms with Gasteiger partial charge in [0.1, 0.15) is 5.82 Å². The maximum atomic E-state index is 12.9. The molecule has 2 heterocycles. The second-order valence-corrected chi connectivity index (χ2v) is 8.07. The molecule has 7 heteroatoms. The molecule has 1 N–H and O–H groups in total. The largest absolute Gasteiger partial charge is 0.389 e. The highest BCUT2D eigenvalue weighted by Gasteiger charge is 2.29. The van der Waals surface area contributed by atoms with Crippen molar-refractivity contribution in [1.82, 2.24) is 19.8 Å². The van der Waals surface area contributed by atoms with Crippen molar-refractivity contribution in [1.29, 1.82) is 0 Å². The number of aromatic nitrogens is 2. The van der Waals surface area contributed by atoms with E-state index < -0.39 is 5.60 Å². The number of nitrogens with zero attached hydrogens (tertiary/aromatic N) is 5. The van der Waals surface area contributed by atoms with E-state index in [4.69, 9.17) is 0 Å². The van der Waals surface area contributed by atoms with Crippen LogP contribution < -0.4 is 4.90 Å². The lowest BCUT2D eigenvalue weighted by Crippen LogP contribution is -2.43. The van der Waals surface area contributed by atoms with Crippen molar-refractivity contribution >= 4 is 11.7 Å². The Hall–Kier alpha value is -1.73. The first-order valence-electron chi connectivity index (χ1n) is 9.31. The topological polar surface area (TPSA) is 72.8 Å². The zero-order chi connectivity index (χ0) is 19.6. The summed E-state index contributed by atoms with van der Waals surface area (Å²) in [5.41, 5.74) is 0.889. The van der Waals surface area contributed by atoms with Gasteiger partial charge in [-0.3, -0.25) is 4.79 Å². The molecule has 146 valence electrons. The minimum absolute atomic E-state index is 0.211. The van der Waals surface area contributed by atoms with Crippen LogP contribution in [0, 0.1) is 13.8 Å². The molecule has 1 saturated heterocycles. The zero-order valence-corrected chi connectivity index (χ0v) is 17.2. The Morgan fingerprint density at radius 1 is 1.31 bits per heavy atom. The molecule has 7 nitrogen and oxygen atoms in total. The van der Waals surface area contributed by atoms with Gasteiger partial charge in [0.05, 0.1) is 5.60 Å². The quantitative estimate of drug-likeness (QED) is 0.825. The summed E-state index contributed by atoms with van der Waals surface area (Å²) in [6, 6.07) is 0.492. The fourth-order valence-corrected chi connectivity index (χ4v) is 3.31. The third kappa shape index (κ3) is 4.71. The van der Waals surface area contributed by atoms with E-state index in [9.17, 15) is 9.90 Å². The van der Waals surface area contributed by atoms with Gasteiger partial charge in [0.25, 0.3) is 5.91 Å². The minimum Gasteiger partial charge on any atom is -0.389 e. The van der Waals surface area contributed by atoms with E-state index >= 15 is 0 Å². The van der Waals surface area contributed by atoms with Crippen molar-refractivity contribution in [3.63, 3.8) is 0 Å². The lowest BCUT2D eigenvalue weighted by Gasteiger charge is -2.28. The summed E-state index contributed by atoms with van der Waals surface area (Å²) in [4.78, 5) is 28.1. The molecule has 0 bridgehead atoms. The van der Waals surface area contributed by atoms with Crippen molar-refractivity contribution in [3.8, 4) is 0 Å². The maximum absolute atomic E-state index is 12.9. The highest BCUT2D eigenvalue weighted by atomic mass is 16.3. The average molecular weight is 364 g/mol. The van der Waals surface area contributed by atoms with Gasteiger partial charge in [-0.15, -0.1) is 0 Å². The molecule has 1 fully saturated rings. The Bertz CT molecular complexity index is 654. The summed E-state index contributed by atoms with van der Waals surface area (Å²) < 4.78 is 0. The monoisotopic (exact) mass is 363 g/mol. The second kappa shape index (κ2) is 7.88. The number of likely N-dealkylation sites (N-methyl/N-ethyl adjacent to an activating group) is 2. The van der Waals surface area contributed by atoms with E-state index in [1.165, 1.54) is 0 Å². The molecule has 0 radical (unpaired) electrons. The van der Waals surface area contributed by atoms with Gasteiger partial charge in [0, 0.05) is 43.5 Å². The molecule has 0 spiro atoms. The summed E-state index contributed by atoms with van der Waals surface area (Å²) in [5.74, 6) is 0.828. The van der Waals surface area contributed by atoms with Crippen molar-refractivity contribution in [2.24, 2.45) is 0 Å². The highest BCUT2D eigenvalue weighted by molar-refractivity contribution is 5.91. The molecule has 0 unspecified atom stereocenters. The van der Waals surface area contributed by atoms with E-state index in [0.29, 0.717) is 12.6 Å². The fourth-order valence-electron chi connectivity index (χ4n) is 3.31. The first kappa shape index (κ1) is 20.6. The summed E-state index contributed by atoms with van der Waals surface area (Å²) in [6.45, 7) is 11.8. The number of rotatable bonds is 6. The smallest absolute Gasteiger partial charge is 0.291 e. The third-order valence-electron chi connectivity index (χ3n) is 4.99. The van der Waals surface area contributed by atoms with Gasteiger partial charge in [0.2, 0.25) is 5.82 Å². The van der Waals surface area contributed by atoms with E-state index in [1.54, 1.807) is 18.7 Å². The average Bonchev–Trinajstić information content (AvgIpc) is 3.03. The SMILES string of the molecule is CCN(CC(C)(C)O)C(=O)c1nc(C)c(C)c(N2CC[C@@H](N(C)C)C2)n1. The van der Waals surface area contributed by atoms with Crippen LogP contribution in [-0.2, 0) is 0 Å². The summed E-state index contributed by atoms with van der Waals surface area (Å²) >= 11 is 0. The first-order chi connectivity index (χ1) is 12.0. The molecule has 1 amide bonds. The number of amides is 1. The Labute approximate surface area is 157 Å². The van der Waals surface area contributed by atoms with E-state index in [0.717, 1.165) is 36.6 Å². The van der Waals surface area contributed by atoms with Crippen molar-refractivity contribution in [2.45, 2.75) is 52.7 Å². The molecule has 26 heavy (non-hydrogen) atoms. The molecule has 1 aliphatic heterocycles. The van der Waals surface area contributed by atoms with Crippen LogP contribution in [0.25, 0.3) is 0 Å². The maximum Gasteiger partial charge on any atom is 0.291 e. The number of hydrogen-bond donors (Lipinski definition) is 1. The van der Waals surface area contributed by atoms with E-state index in [-0.39, 0.29) is 18.3 Å². The number of hydrogen-bond acceptors (Lipinski definition) is 6. The standard InChI is InChI=1S/C19H33N5O2/c1-8-23(12-19(4,5)26)18(25)16-20-14(3)13(2)17(21-16)24-10-9-15(11-24)22(6)7/h15,26H,8-12H2,1-7H3/t15-/m1/s1. The van der Waals surface area contributed by atoms with Crippen molar-refractivity contribution in [3.05, 3.63) is 17.1 Å². The summed E-state index contributed by atoms with van der Waals surface area (Å²) in [5, 5.41) is 10.1. The number of aryl methyl sites for hydroxylation is 1. The van der Waals surface area contributed by atoms with Gasteiger partial charge in [-0.25, -0.2) is 9.97 Å². The van der Waals surface area contributed by atoms with Crippen LogP contribution in [0.5, 0.6) is 0 Å². The van der Waals surface area contributed by atoms with Crippen molar-refractivity contribution < 1.29 is 9.90 Å². The Morgan fingerprint density at radius 2 is 1.96 bits per heavy atom. The molecule has 1 aliphatic rings. The van der Waals surface area contributed by atoms with Crippen molar-refractivity contribution in [2.75, 3.05) is 45.2 Å². The van der Waals surface area contributed by atoms with Gasteiger partial charge in [-0.1, -0.05) is 0 Å². The van der Waals surface area contributed by atoms with Crippen LogP contribution in [0.2, 0.25) is 0 Å². The van der Waals surface area contributed by atoms with Gasteiger partial charge in [-0.05, 0) is 55.1 Å². The number of carbonyl (C=O) groups is 1. The number of aliphatic hydroxyl groups is 1. The number of anilines is 1. The molecule has 1 atom stereocenters. The van der Waals surface area contributed by atoms with E-state index in [1.807, 2.05) is 20.8 Å². The Balaban J connectivity index is 2.31. The van der Waals surface area contributed by atoms with Gasteiger partial charge >= 0.3 is 0 Å². The predicted molar refractivity (Wildman–Crippen MR) is 104 cm³/mol. The van der Waals surface area contributed by atoms with Crippen LogP contribution in [0.3, 0.4) is 0 Å². The fraction of sp³-hybridized carbons (Fsp3) is 0.737. The van der Waals surface area contributed by atoms with Gasteiger partial charge in [-0.2, -0.15) is 0 Å². The van der Waals surface area contributed by atoms with Crippen LogP contribution >= 0.6 is 0 Å².